The zero-order valence-corrected chi connectivity index (χ0v) is 9.18. The maximum absolute atomic E-state index is 11.5. The quantitative estimate of drug-likeness (QED) is 0.706. The molecule has 4 heteroatoms. The highest BCUT2D eigenvalue weighted by Gasteiger charge is 2.25. The maximum atomic E-state index is 11.5. The van der Waals surface area contributed by atoms with Gasteiger partial charge in [-0.25, -0.2) is 4.79 Å². The van der Waals surface area contributed by atoms with Gasteiger partial charge in [-0.1, -0.05) is 0 Å². The first-order chi connectivity index (χ1) is 6.79. The van der Waals surface area contributed by atoms with Gasteiger partial charge < -0.3 is 15.5 Å². The number of nitrogens with one attached hydrogen (secondary N) is 2. The molecule has 14 heavy (non-hydrogen) atoms. The van der Waals surface area contributed by atoms with Crippen LogP contribution in [0.1, 0.15) is 25.7 Å². The fraction of sp³-hybridized carbons (Fsp3) is 0.900. The third kappa shape index (κ3) is 2.87. The highest BCUT2D eigenvalue weighted by atomic mass is 16.2. The summed E-state index contributed by atoms with van der Waals surface area (Å²) in [6.45, 7) is 1.90. The summed E-state index contributed by atoms with van der Waals surface area (Å²) >= 11 is 0. The van der Waals surface area contributed by atoms with Crippen molar-refractivity contribution in [2.24, 2.45) is 0 Å². The number of carbonyl (C=O) groups excluding carboxylic acids is 1. The van der Waals surface area contributed by atoms with Gasteiger partial charge in [0.2, 0.25) is 0 Å². The summed E-state index contributed by atoms with van der Waals surface area (Å²) in [5.41, 5.74) is 0. The smallest absolute Gasteiger partial charge is 0.317 e. The molecule has 4 nitrogen and oxygen atoms in total. The monoisotopic (exact) mass is 199 g/mol. The van der Waals surface area contributed by atoms with Gasteiger partial charge in [-0.3, -0.25) is 0 Å². The van der Waals surface area contributed by atoms with Crippen LogP contribution in [0, 0.1) is 0 Å². The first kappa shape index (κ1) is 11.3. The van der Waals surface area contributed by atoms with Crippen LogP contribution in [0.25, 0.3) is 0 Å². The van der Waals surface area contributed by atoms with Crippen LogP contribution in [-0.2, 0) is 0 Å². The van der Waals surface area contributed by atoms with E-state index in [9.17, 15) is 4.79 Å². The van der Waals surface area contributed by atoms with Crippen LogP contribution in [0.3, 0.4) is 0 Å². The van der Waals surface area contributed by atoms with Crippen molar-refractivity contribution in [2.75, 3.05) is 27.2 Å². The van der Waals surface area contributed by atoms with Crippen molar-refractivity contribution in [1.29, 1.82) is 0 Å². The number of rotatable bonds is 3. The minimum absolute atomic E-state index is 0.0748. The Labute approximate surface area is 86.0 Å². The lowest BCUT2D eigenvalue weighted by atomic mass is 10.00. The standard InChI is InChI=1S/C10H21N3O/c1-11-7-6-9-5-3-4-8-13(9)10(14)12-2/h9,11H,3-8H2,1-2H3,(H,12,14). The lowest BCUT2D eigenvalue weighted by Gasteiger charge is -2.35. The van der Waals surface area contributed by atoms with Gasteiger partial charge in [0.15, 0.2) is 0 Å². The maximum Gasteiger partial charge on any atom is 0.317 e. The van der Waals surface area contributed by atoms with Crippen LogP contribution < -0.4 is 10.6 Å². The predicted molar refractivity (Wildman–Crippen MR) is 57.3 cm³/mol. The average Bonchev–Trinajstić information content (AvgIpc) is 2.25. The minimum atomic E-state index is 0.0748. The molecule has 1 fully saturated rings. The molecule has 0 saturated carbocycles. The van der Waals surface area contributed by atoms with Crippen molar-refractivity contribution in [3.63, 3.8) is 0 Å². The Bertz CT molecular complexity index is 184. The molecular formula is C10H21N3O. The van der Waals surface area contributed by atoms with E-state index in [1.165, 1.54) is 6.42 Å². The Morgan fingerprint density at radius 3 is 2.86 bits per heavy atom. The van der Waals surface area contributed by atoms with Crippen molar-refractivity contribution in [3.05, 3.63) is 0 Å². The van der Waals surface area contributed by atoms with E-state index in [-0.39, 0.29) is 6.03 Å². The highest BCUT2D eigenvalue weighted by molar-refractivity contribution is 5.74. The Morgan fingerprint density at radius 1 is 1.43 bits per heavy atom. The highest BCUT2D eigenvalue weighted by Crippen LogP contribution is 2.19. The van der Waals surface area contributed by atoms with E-state index >= 15 is 0 Å². The normalized spacial score (nSPS) is 22.1. The molecule has 2 N–H and O–H groups in total. The van der Waals surface area contributed by atoms with Gasteiger partial charge in [-0.2, -0.15) is 0 Å². The van der Waals surface area contributed by atoms with E-state index in [0.717, 1.165) is 32.4 Å². The molecule has 0 aliphatic carbocycles. The molecule has 1 heterocycles. The van der Waals surface area contributed by atoms with E-state index in [4.69, 9.17) is 0 Å². The van der Waals surface area contributed by atoms with Crippen LogP contribution in [-0.4, -0.2) is 44.2 Å². The predicted octanol–water partition coefficient (Wildman–Crippen LogP) is 0.790. The summed E-state index contributed by atoms with van der Waals surface area (Å²) in [6.07, 6.45) is 4.60. The summed E-state index contributed by atoms with van der Waals surface area (Å²) in [5, 5.41) is 5.84. The van der Waals surface area contributed by atoms with Crippen LogP contribution in [0.5, 0.6) is 0 Å². The van der Waals surface area contributed by atoms with Gasteiger partial charge in [0.1, 0.15) is 0 Å². The number of hydrogen-bond acceptors (Lipinski definition) is 2. The van der Waals surface area contributed by atoms with Gasteiger partial charge in [-0.05, 0) is 39.3 Å². The van der Waals surface area contributed by atoms with Crippen molar-refractivity contribution in [1.82, 2.24) is 15.5 Å². The van der Waals surface area contributed by atoms with Gasteiger partial charge in [0.05, 0.1) is 0 Å². The molecule has 2 amide bonds. The summed E-state index contributed by atoms with van der Waals surface area (Å²) in [5.74, 6) is 0. The summed E-state index contributed by atoms with van der Waals surface area (Å²) in [4.78, 5) is 13.5. The van der Waals surface area contributed by atoms with Crippen LogP contribution >= 0.6 is 0 Å². The molecule has 0 aromatic rings. The first-order valence-electron chi connectivity index (χ1n) is 5.42. The van der Waals surface area contributed by atoms with Crippen LogP contribution in [0.2, 0.25) is 0 Å². The van der Waals surface area contributed by atoms with Crippen LogP contribution in [0.4, 0.5) is 4.79 Å². The summed E-state index contributed by atoms with van der Waals surface area (Å²) < 4.78 is 0. The molecule has 0 bridgehead atoms. The number of piperidine rings is 1. The molecule has 1 aliphatic heterocycles. The van der Waals surface area contributed by atoms with Gasteiger partial charge in [-0.15, -0.1) is 0 Å². The molecular weight excluding hydrogens is 178 g/mol. The summed E-state index contributed by atoms with van der Waals surface area (Å²) in [6, 6.07) is 0.502. The minimum Gasteiger partial charge on any atom is -0.341 e. The van der Waals surface area contributed by atoms with Crippen LogP contribution in [0.15, 0.2) is 0 Å². The first-order valence-corrected chi connectivity index (χ1v) is 5.42. The van der Waals surface area contributed by atoms with E-state index in [1.807, 2.05) is 11.9 Å². The Morgan fingerprint density at radius 2 is 2.21 bits per heavy atom. The Hall–Kier alpha value is -0.770. The fourth-order valence-corrected chi connectivity index (χ4v) is 2.02. The topological polar surface area (TPSA) is 44.4 Å². The number of hydrogen-bond donors (Lipinski definition) is 2. The molecule has 1 atom stereocenters. The molecule has 0 radical (unpaired) electrons. The molecule has 1 unspecified atom stereocenters. The average molecular weight is 199 g/mol. The van der Waals surface area contributed by atoms with E-state index in [1.54, 1.807) is 7.05 Å². The number of amides is 2. The second-order valence-corrected chi connectivity index (χ2v) is 3.79. The van der Waals surface area contributed by atoms with E-state index in [0.29, 0.717) is 6.04 Å². The molecule has 82 valence electrons. The second-order valence-electron chi connectivity index (χ2n) is 3.79. The summed E-state index contributed by atoms with van der Waals surface area (Å²) in [7, 11) is 3.65. The largest absolute Gasteiger partial charge is 0.341 e. The molecule has 0 aromatic carbocycles. The molecule has 1 aliphatic rings. The van der Waals surface area contributed by atoms with Crippen molar-refractivity contribution >= 4 is 6.03 Å². The number of nitrogens with zero attached hydrogens (tertiary/aromatic N) is 1. The number of carbonyl (C=O) groups is 1. The molecule has 0 aromatic heterocycles. The molecule has 1 saturated heterocycles. The van der Waals surface area contributed by atoms with E-state index < -0.39 is 0 Å². The van der Waals surface area contributed by atoms with Gasteiger partial charge >= 0.3 is 6.03 Å². The molecule has 0 spiro atoms. The lowest BCUT2D eigenvalue weighted by molar-refractivity contribution is 0.148. The number of urea groups is 1. The van der Waals surface area contributed by atoms with Gasteiger partial charge in [0.25, 0.3) is 0 Å². The zero-order valence-electron chi connectivity index (χ0n) is 9.18. The molecule has 1 rings (SSSR count). The zero-order chi connectivity index (χ0) is 10.4. The Kier molecular flexibility index (Phi) is 4.73. The third-order valence-corrected chi connectivity index (χ3v) is 2.83. The van der Waals surface area contributed by atoms with Crippen molar-refractivity contribution in [3.8, 4) is 0 Å². The van der Waals surface area contributed by atoms with Crippen molar-refractivity contribution < 1.29 is 4.79 Å². The lowest BCUT2D eigenvalue weighted by Crippen LogP contribution is -2.48. The number of likely N-dealkylation sites (tertiary alicyclic amines) is 1. The van der Waals surface area contributed by atoms with Gasteiger partial charge in [0, 0.05) is 19.6 Å². The third-order valence-electron chi connectivity index (χ3n) is 2.83. The fourth-order valence-electron chi connectivity index (χ4n) is 2.02. The van der Waals surface area contributed by atoms with E-state index in [2.05, 4.69) is 10.6 Å². The van der Waals surface area contributed by atoms with Crippen molar-refractivity contribution in [2.45, 2.75) is 31.7 Å². The Balaban J connectivity index is 2.45. The second kappa shape index (κ2) is 5.86. The SMILES string of the molecule is CNCCC1CCCCN1C(=O)NC.